The van der Waals surface area contributed by atoms with Crippen molar-refractivity contribution >= 4 is 34.1 Å². The number of thiophene rings is 1. The average molecular weight is 341 g/mol. The third-order valence-corrected chi connectivity index (χ3v) is 4.71. The Morgan fingerprint density at radius 3 is 2.83 bits per heavy atom. The van der Waals surface area contributed by atoms with E-state index in [2.05, 4.69) is 16.4 Å². The van der Waals surface area contributed by atoms with E-state index in [9.17, 15) is 9.59 Å². The molecule has 0 aliphatic carbocycles. The van der Waals surface area contributed by atoms with E-state index in [1.165, 1.54) is 27.2 Å². The predicted octanol–water partition coefficient (Wildman–Crippen LogP) is 2.66. The van der Waals surface area contributed by atoms with Crippen molar-refractivity contribution in [3.05, 3.63) is 58.4 Å². The van der Waals surface area contributed by atoms with Crippen LogP contribution < -0.4 is 5.32 Å². The van der Waals surface area contributed by atoms with E-state index < -0.39 is 0 Å². The summed E-state index contributed by atoms with van der Waals surface area (Å²) in [7, 11) is 1.64. The van der Waals surface area contributed by atoms with Gasteiger partial charge >= 0.3 is 0 Å². The van der Waals surface area contributed by atoms with Crippen LogP contribution >= 0.6 is 11.3 Å². The molecule has 124 valence electrons. The van der Waals surface area contributed by atoms with E-state index in [-0.39, 0.29) is 18.4 Å². The molecule has 2 amide bonds. The number of fused-ring (bicyclic) bond motifs is 1. The van der Waals surface area contributed by atoms with Gasteiger partial charge in [-0.1, -0.05) is 24.3 Å². The molecule has 0 aliphatic heterocycles. The zero-order chi connectivity index (χ0) is 16.9. The molecule has 2 N–H and O–H groups in total. The van der Waals surface area contributed by atoms with Crippen LogP contribution in [0.25, 0.3) is 10.9 Å². The summed E-state index contributed by atoms with van der Waals surface area (Å²) in [5.41, 5.74) is 2.27. The maximum absolute atomic E-state index is 12.1. The van der Waals surface area contributed by atoms with Gasteiger partial charge in [-0.05, 0) is 29.5 Å². The monoisotopic (exact) mass is 341 g/mol. The number of hydrogen-bond acceptors (Lipinski definition) is 3. The molecule has 6 heteroatoms. The molecule has 2 heterocycles. The van der Waals surface area contributed by atoms with Gasteiger partial charge in [0.2, 0.25) is 5.91 Å². The number of nitrogens with one attached hydrogen (secondary N) is 2. The fourth-order valence-corrected chi connectivity index (χ4v) is 3.32. The smallest absolute Gasteiger partial charge is 0.264 e. The molecule has 0 saturated heterocycles. The zero-order valence-electron chi connectivity index (χ0n) is 13.4. The van der Waals surface area contributed by atoms with Gasteiger partial charge in [-0.15, -0.1) is 11.3 Å². The van der Waals surface area contributed by atoms with Gasteiger partial charge in [-0.3, -0.25) is 9.59 Å². The quantitative estimate of drug-likeness (QED) is 0.724. The lowest BCUT2D eigenvalue weighted by atomic mass is 10.1. The Bertz CT molecular complexity index is 839. The van der Waals surface area contributed by atoms with Crippen molar-refractivity contribution in [2.24, 2.45) is 0 Å². The Labute approximate surface area is 144 Å². The normalized spacial score (nSPS) is 10.7. The molecule has 24 heavy (non-hydrogen) atoms. The molecule has 3 aromatic rings. The van der Waals surface area contributed by atoms with E-state index in [1.807, 2.05) is 35.8 Å². The van der Waals surface area contributed by atoms with E-state index in [1.54, 1.807) is 13.1 Å². The van der Waals surface area contributed by atoms with Gasteiger partial charge in [0.05, 0.1) is 11.4 Å². The third kappa shape index (κ3) is 3.65. The van der Waals surface area contributed by atoms with E-state index in [4.69, 9.17) is 0 Å². The molecular weight excluding hydrogens is 322 g/mol. The SMILES string of the molecule is CN(CC(=O)NCCc1c[nH]c2ccccc12)C(=O)c1cccs1. The molecule has 0 saturated carbocycles. The molecule has 0 spiro atoms. The van der Waals surface area contributed by atoms with Crippen molar-refractivity contribution in [1.82, 2.24) is 15.2 Å². The first-order valence-corrected chi connectivity index (χ1v) is 8.64. The second-order valence-corrected chi connectivity index (χ2v) is 6.55. The highest BCUT2D eigenvalue weighted by Gasteiger charge is 2.15. The predicted molar refractivity (Wildman–Crippen MR) is 96.3 cm³/mol. The van der Waals surface area contributed by atoms with Gasteiger partial charge in [0, 0.05) is 30.7 Å². The van der Waals surface area contributed by atoms with Crippen molar-refractivity contribution in [3.8, 4) is 0 Å². The fourth-order valence-electron chi connectivity index (χ4n) is 2.61. The number of H-pyrrole nitrogens is 1. The second-order valence-electron chi connectivity index (χ2n) is 5.60. The Hall–Kier alpha value is -2.60. The number of rotatable bonds is 6. The Balaban J connectivity index is 1.48. The van der Waals surface area contributed by atoms with Crippen LogP contribution in [0.2, 0.25) is 0 Å². The lowest BCUT2D eigenvalue weighted by Gasteiger charge is -2.15. The Kier molecular flexibility index (Phi) is 4.96. The van der Waals surface area contributed by atoms with E-state index in [0.717, 1.165) is 11.9 Å². The average Bonchev–Trinajstić information content (AvgIpc) is 3.24. The number of aromatic amines is 1. The summed E-state index contributed by atoms with van der Waals surface area (Å²) >= 11 is 1.38. The van der Waals surface area contributed by atoms with Crippen molar-refractivity contribution < 1.29 is 9.59 Å². The number of aromatic nitrogens is 1. The zero-order valence-corrected chi connectivity index (χ0v) is 14.2. The second kappa shape index (κ2) is 7.31. The van der Waals surface area contributed by atoms with Crippen LogP contribution in [0.15, 0.2) is 48.0 Å². The summed E-state index contributed by atoms with van der Waals surface area (Å²) in [6.07, 6.45) is 2.72. The molecule has 0 atom stereocenters. The van der Waals surface area contributed by atoms with Gasteiger partial charge in [-0.25, -0.2) is 0 Å². The summed E-state index contributed by atoms with van der Waals surface area (Å²) in [5, 5.41) is 5.90. The van der Waals surface area contributed by atoms with Crippen molar-refractivity contribution in [2.75, 3.05) is 20.1 Å². The first kappa shape index (κ1) is 16.3. The molecule has 0 bridgehead atoms. The van der Waals surface area contributed by atoms with Crippen LogP contribution in [0.3, 0.4) is 0 Å². The molecule has 2 aromatic heterocycles. The van der Waals surface area contributed by atoms with Gasteiger partial charge in [0.25, 0.3) is 5.91 Å². The van der Waals surface area contributed by atoms with Crippen LogP contribution in [-0.2, 0) is 11.2 Å². The molecule has 3 rings (SSSR count). The first-order chi connectivity index (χ1) is 11.6. The highest BCUT2D eigenvalue weighted by molar-refractivity contribution is 7.12. The van der Waals surface area contributed by atoms with Crippen molar-refractivity contribution in [1.29, 1.82) is 0 Å². The molecule has 1 aromatic carbocycles. The maximum atomic E-state index is 12.1. The Morgan fingerprint density at radius 2 is 2.04 bits per heavy atom. The number of nitrogens with zero attached hydrogens (tertiary/aromatic N) is 1. The van der Waals surface area contributed by atoms with Gasteiger partial charge in [-0.2, -0.15) is 0 Å². The highest BCUT2D eigenvalue weighted by Crippen LogP contribution is 2.17. The summed E-state index contributed by atoms with van der Waals surface area (Å²) in [4.78, 5) is 29.4. The van der Waals surface area contributed by atoms with E-state index >= 15 is 0 Å². The van der Waals surface area contributed by atoms with Crippen molar-refractivity contribution in [3.63, 3.8) is 0 Å². The number of carbonyl (C=O) groups is 2. The van der Waals surface area contributed by atoms with Gasteiger partial charge < -0.3 is 15.2 Å². The van der Waals surface area contributed by atoms with Crippen LogP contribution in [-0.4, -0.2) is 41.8 Å². The van der Waals surface area contributed by atoms with Crippen LogP contribution in [0, 0.1) is 0 Å². The molecule has 0 fully saturated rings. The molecule has 0 unspecified atom stereocenters. The summed E-state index contributed by atoms with van der Waals surface area (Å²) in [6.45, 7) is 0.604. The number of para-hydroxylation sites is 1. The lowest BCUT2D eigenvalue weighted by molar-refractivity contribution is -0.121. The topological polar surface area (TPSA) is 65.2 Å². The minimum atomic E-state index is -0.151. The fraction of sp³-hybridized carbons (Fsp3) is 0.222. The highest BCUT2D eigenvalue weighted by atomic mass is 32.1. The molecule has 0 aliphatic rings. The Morgan fingerprint density at radius 1 is 1.21 bits per heavy atom. The maximum Gasteiger partial charge on any atom is 0.264 e. The van der Waals surface area contributed by atoms with Crippen molar-refractivity contribution in [2.45, 2.75) is 6.42 Å². The number of likely N-dealkylation sites (N-methyl/N-ethyl adjacent to an activating group) is 1. The molecule has 0 radical (unpaired) electrons. The third-order valence-electron chi connectivity index (χ3n) is 3.85. The van der Waals surface area contributed by atoms with Gasteiger partial charge in [0.1, 0.15) is 0 Å². The van der Waals surface area contributed by atoms with E-state index in [0.29, 0.717) is 11.4 Å². The summed E-state index contributed by atoms with van der Waals surface area (Å²) in [6, 6.07) is 11.7. The molecule has 5 nitrogen and oxygen atoms in total. The number of carbonyl (C=O) groups excluding carboxylic acids is 2. The lowest BCUT2D eigenvalue weighted by Crippen LogP contribution is -2.38. The van der Waals surface area contributed by atoms with Crippen LogP contribution in [0.4, 0.5) is 0 Å². The summed E-state index contributed by atoms with van der Waals surface area (Å²) < 4.78 is 0. The minimum Gasteiger partial charge on any atom is -0.361 e. The largest absolute Gasteiger partial charge is 0.361 e. The standard InChI is InChI=1S/C18H19N3O2S/c1-21(18(23)16-7-4-10-24-16)12-17(22)19-9-8-13-11-20-15-6-3-2-5-14(13)15/h2-7,10-11,20H,8-9,12H2,1H3,(H,19,22). The number of amides is 2. The van der Waals surface area contributed by atoms with Crippen LogP contribution in [0.5, 0.6) is 0 Å². The first-order valence-electron chi connectivity index (χ1n) is 7.76. The number of hydrogen-bond donors (Lipinski definition) is 2. The van der Waals surface area contributed by atoms with Gasteiger partial charge in [0.15, 0.2) is 0 Å². The summed E-state index contributed by atoms with van der Waals surface area (Å²) in [5.74, 6) is -0.279. The minimum absolute atomic E-state index is 0.0601. The number of benzene rings is 1. The van der Waals surface area contributed by atoms with Crippen LogP contribution in [0.1, 0.15) is 15.2 Å². The molecular formula is C18H19N3O2S.